The van der Waals surface area contributed by atoms with Crippen LogP contribution in [0.15, 0.2) is 58.3 Å². The predicted octanol–water partition coefficient (Wildman–Crippen LogP) is 2.87. The van der Waals surface area contributed by atoms with Gasteiger partial charge in [0, 0.05) is 12.1 Å². The second-order valence-electron chi connectivity index (χ2n) is 7.52. The third-order valence-corrected chi connectivity index (χ3v) is 7.31. The maximum absolute atomic E-state index is 13.3. The molecule has 2 aromatic rings. The van der Waals surface area contributed by atoms with Crippen LogP contribution in [0.25, 0.3) is 0 Å². The van der Waals surface area contributed by atoms with E-state index in [1.54, 1.807) is 53.4 Å². The van der Waals surface area contributed by atoms with Gasteiger partial charge < -0.3 is 14.4 Å². The molecule has 1 aliphatic carbocycles. The van der Waals surface area contributed by atoms with E-state index in [4.69, 9.17) is 9.47 Å². The van der Waals surface area contributed by atoms with Crippen molar-refractivity contribution in [2.45, 2.75) is 34.8 Å². The van der Waals surface area contributed by atoms with Crippen molar-refractivity contribution in [3.8, 4) is 0 Å². The summed E-state index contributed by atoms with van der Waals surface area (Å²) in [5.74, 6) is -1.28. The van der Waals surface area contributed by atoms with Crippen LogP contribution in [-0.2, 0) is 29.9 Å². The first-order valence-electron chi connectivity index (χ1n) is 9.57. The predicted molar refractivity (Wildman–Crippen MR) is 102 cm³/mol. The number of carbonyl (C=O) groups excluding carboxylic acids is 1. The van der Waals surface area contributed by atoms with Gasteiger partial charge in [0.15, 0.2) is 0 Å². The number of ether oxygens (including phenoxy) is 2. The average Bonchev–Trinajstić information content (AvgIpc) is 3.53. The van der Waals surface area contributed by atoms with Gasteiger partial charge in [0.2, 0.25) is 9.84 Å². The summed E-state index contributed by atoms with van der Waals surface area (Å²) in [6.45, 7) is 1.42. The molecule has 1 amide bonds. The Labute approximate surface area is 164 Å². The monoisotopic (exact) mass is 399 g/mol. The summed E-state index contributed by atoms with van der Waals surface area (Å²) in [7, 11) is -3.70. The molecule has 0 radical (unpaired) electrons. The quantitative estimate of drug-likeness (QED) is 0.791. The molecule has 0 bridgehead atoms. The molecule has 2 aromatic carbocycles. The minimum atomic E-state index is -3.70. The zero-order chi connectivity index (χ0) is 19.4. The van der Waals surface area contributed by atoms with Crippen molar-refractivity contribution in [2.75, 3.05) is 24.7 Å². The van der Waals surface area contributed by atoms with Crippen molar-refractivity contribution < 1.29 is 22.7 Å². The van der Waals surface area contributed by atoms with E-state index >= 15 is 0 Å². The van der Waals surface area contributed by atoms with Crippen LogP contribution in [0.2, 0.25) is 0 Å². The summed E-state index contributed by atoms with van der Waals surface area (Å²) in [4.78, 5) is 15.3. The zero-order valence-corrected chi connectivity index (χ0v) is 16.2. The van der Waals surface area contributed by atoms with Gasteiger partial charge in [-0.25, -0.2) is 8.42 Å². The summed E-state index contributed by atoms with van der Waals surface area (Å²) in [5.41, 5.74) is 1.18. The fourth-order valence-electron chi connectivity index (χ4n) is 3.87. The van der Waals surface area contributed by atoms with Crippen LogP contribution in [0.3, 0.4) is 0 Å². The maximum Gasteiger partial charge on any atom is 0.292 e. The number of nitrogens with zero attached hydrogens (tertiary/aromatic N) is 1. The van der Waals surface area contributed by atoms with Gasteiger partial charge in [0.25, 0.3) is 11.7 Å². The number of hydrogen-bond donors (Lipinski definition) is 0. The Morgan fingerprint density at radius 1 is 1.00 bits per heavy atom. The van der Waals surface area contributed by atoms with E-state index in [1.165, 1.54) is 0 Å². The first-order chi connectivity index (χ1) is 13.5. The topological polar surface area (TPSA) is 72.9 Å². The molecule has 1 saturated heterocycles. The fraction of sp³-hybridized carbons (Fsp3) is 0.381. The first kappa shape index (κ1) is 17.8. The van der Waals surface area contributed by atoms with E-state index in [1.807, 2.05) is 0 Å². The lowest BCUT2D eigenvalue weighted by Gasteiger charge is -2.32. The van der Waals surface area contributed by atoms with Crippen LogP contribution < -0.4 is 4.90 Å². The van der Waals surface area contributed by atoms with Gasteiger partial charge in [-0.3, -0.25) is 4.79 Å². The first-order valence-corrected chi connectivity index (χ1v) is 11.1. The molecule has 0 N–H and O–H groups in total. The normalized spacial score (nSPS) is 21.1. The Balaban J connectivity index is 1.63. The van der Waals surface area contributed by atoms with Crippen molar-refractivity contribution >= 4 is 21.4 Å². The van der Waals surface area contributed by atoms with Crippen molar-refractivity contribution in [2.24, 2.45) is 5.92 Å². The number of hydrogen-bond acceptors (Lipinski definition) is 5. The highest BCUT2D eigenvalue weighted by atomic mass is 32.2. The molecule has 0 atom stereocenters. The molecule has 5 rings (SSSR count). The van der Waals surface area contributed by atoms with Gasteiger partial charge in [-0.2, -0.15) is 0 Å². The summed E-state index contributed by atoms with van der Waals surface area (Å²) < 4.78 is 37.9. The molecule has 2 heterocycles. The molecule has 3 aliphatic rings. The van der Waals surface area contributed by atoms with Crippen molar-refractivity contribution in [3.05, 3.63) is 54.1 Å². The van der Waals surface area contributed by atoms with Gasteiger partial charge in [-0.05, 0) is 55.5 Å². The van der Waals surface area contributed by atoms with E-state index in [2.05, 4.69) is 0 Å². The lowest BCUT2D eigenvalue weighted by atomic mass is 10.1. The molecule has 146 valence electrons. The molecule has 1 saturated carbocycles. The SMILES string of the molecule is O=C1N(CC2CC2)c2ccc(S(=O)(=O)c3ccccc3)cc2C12OCCCO2. The van der Waals surface area contributed by atoms with Crippen LogP contribution in [-0.4, -0.2) is 34.1 Å². The third-order valence-electron chi connectivity index (χ3n) is 5.54. The fourth-order valence-corrected chi connectivity index (χ4v) is 5.18. The van der Waals surface area contributed by atoms with E-state index in [-0.39, 0.29) is 15.7 Å². The minimum absolute atomic E-state index is 0.135. The highest BCUT2D eigenvalue weighted by Crippen LogP contribution is 2.47. The van der Waals surface area contributed by atoms with Crippen LogP contribution >= 0.6 is 0 Å². The van der Waals surface area contributed by atoms with Crippen LogP contribution in [0, 0.1) is 5.92 Å². The highest BCUT2D eigenvalue weighted by molar-refractivity contribution is 7.91. The molecular formula is C21H21NO5S. The van der Waals surface area contributed by atoms with Gasteiger partial charge in [-0.1, -0.05) is 18.2 Å². The Morgan fingerprint density at radius 2 is 1.71 bits per heavy atom. The minimum Gasteiger partial charge on any atom is -0.338 e. The largest absolute Gasteiger partial charge is 0.338 e. The number of rotatable bonds is 4. The van der Waals surface area contributed by atoms with Crippen molar-refractivity contribution in [1.82, 2.24) is 0 Å². The molecule has 2 aliphatic heterocycles. The second kappa shape index (κ2) is 6.40. The van der Waals surface area contributed by atoms with E-state index in [0.29, 0.717) is 43.3 Å². The van der Waals surface area contributed by atoms with E-state index in [0.717, 1.165) is 12.8 Å². The number of anilines is 1. The van der Waals surface area contributed by atoms with E-state index in [9.17, 15) is 13.2 Å². The Kier molecular flexibility index (Phi) is 4.08. The summed E-state index contributed by atoms with van der Waals surface area (Å²) >= 11 is 0. The number of fused-ring (bicyclic) bond motifs is 2. The Bertz CT molecular complexity index is 1020. The standard InChI is InChI=1S/C21H21NO5S/c23-20-21(26-11-4-12-27-21)18-13-17(28(24,25)16-5-2-1-3-6-16)9-10-19(18)22(20)14-15-7-8-15/h1-3,5-6,9-10,13,15H,4,7-8,11-12,14H2. The molecule has 1 spiro atoms. The van der Waals surface area contributed by atoms with Crippen LogP contribution in [0.1, 0.15) is 24.8 Å². The number of sulfone groups is 1. The average molecular weight is 399 g/mol. The molecule has 7 heteroatoms. The number of amides is 1. The summed E-state index contributed by atoms with van der Waals surface area (Å²) in [5, 5.41) is 0. The molecule has 0 aromatic heterocycles. The molecular weight excluding hydrogens is 378 g/mol. The lowest BCUT2D eigenvalue weighted by Crippen LogP contribution is -2.47. The molecule has 0 unspecified atom stereocenters. The smallest absolute Gasteiger partial charge is 0.292 e. The molecule has 6 nitrogen and oxygen atoms in total. The lowest BCUT2D eigenvalue weighted by molar-refractivity contribution is -0.256. The van der Waals surface area contributed by atoms with Gasteiger partial charge >= 0.3 is 0 Å². The van der Waals surface area contributed by atoms with Crippen molar-refractivity contribution in [3.63, 3.8) is 0 Å². The highest BCUT2D eigenvalue weighted by Gasteiger charge is 2.55. The Hall–Kier alpha value is -2.22. The number of carbonyl (C=O) groups is 1. The van der Waals surface area contributed by atoms with Crippen molar-refractivity contribution in [1.29, 1.82) is 0 Å². The van der Waals surface area contributed by atoms with Gasteiger partial charge in [0.05, 0.1) is 28.7 Å². The van der Waals surface area contributed by atoms with Crippen LogP contribution in [0.5, 0.6) is 0 Å². The zero-order valence-electron chi connectivity index (χ0n) is 15.3. The molecule has 28 heavy (non-hydrogen) atoms. The molecule has 2 fully saturated rings. The maximum atomic E-state index is 13.3. The Morgan fingerprint density at radius 3 is 2.39 bits per heavy atom. The summed E-state index contributed by atoms with van der Waals surface area (Å²) in [6, 6.07) is 13.1. The third kappa shape index (κ3) is 2.69. The van der Waals surface area contributed by atoms with Crippen LogP contribution in [0.4, 0.5) is 5.69 Å². The number of benzene rings is 2. The van der Waals surface area contributed by atoms with E-state index < -0.39 is 15.6 Å². The summed E-state index contributed by atoms with van der Waals surface area (Å²) in [6.07, 6.45) is 2.91. The van der Waals surface area contributed by atoms with Gasteiger partial charge in [-0.15, -0.1) is 0 Å². The second-order valence-corrected chi connectivity index (χ2v) is 9.47. The van der Waals surface area contributed by atoms with Gasteiger partial charge in [0.1, 0.15) is 0 Å².